The number of rotatable bonds is 5. The van der Waals surface area contributed by atoms with E-state index in [0.717, 1.165) is 17.7 Å². The van der Waals surface area contributed by atoms with E-state index in [2.05, 4.69) is 0 Å². The van der Waals surface area contributed by atoms with Gasteiger partial charge in [-0.25, -0.2) is 0 Å². The van der Waals surface area contributed by atoms with Gasteiger partial charge < -0.3 is 9.47 Å². The number of benzene rings is 1. The highest BCUT2D eigenvalue weighted by atomic mass is 16.6. The Morgan fingerprint density at radius 2 is 1.89 bits per heavy atom. The summed E-state index contributed by atoms with van der Waals surface area (Å²) < 4.78 is 10.3. The zero-order valence-corrected chi connectivity index (χ0v) is 11.2. The van der Waals surface area contributed by atoms with Crippen molar-refractivity contribution in [3.8, 4) is 5.75 Å². The van der Waals surface area contributed by atoms with Gasteiger partial charge in [-0.1, -0.05) is 25.5 Å². The highest BCUT2D eigenvalue weighted by Crippen LogP contribution is 2.24. The fraction of sp³-hybridized carbons (Fsp3) is 0.467. The first kappa shape index (κ1) is 13.6. The summed E-state index contributed by atoms with van der Waals surface area (Å²) >= 11 is 0. The Morgan fingerprint density at radius 3 is 2.47 bits per heavy atom. The van der Waals surface area contributed by atoms with Gasteiger partial charge in [-0.3, -0.25) is 9.59 Å². The van der Waals surface area contributed by atoms with Crippen molar-refractivity contribution in [2.75, 3.05) is 7.11 Å². The fourth-order valence-corrected chi connectivity index (χ4v) is 2.29. The van der Waals surface area contributed by atoms with Gasteiger partial charge in [-0.05, 0) is 24.1 Å². The van der Waals surface area contributed by atoms with Crippen molar-refractivity contribution in [2.24, 2.45) is 5.92 Å². The number of methoxy groups -OCH3 is 1. The summed E-state index contributed by atoms with van der Waals surface area (Å²) in [6.07, 6.45) is 1.20. The summed E-state index contributed by atoms with van der Waals surface area (Å²) in [7, 11) is 1.60. The number of esters is 1. The highest BCUT2D eigenvalue weighted by molar-refractivity contribution is 6.06. The molecule has 0 aliphatic carbocycles. The molecule has 0 bridgehead atoms. The normalized spacial score (nSPS) is 22.4. The summed E-state index contributed by atoms with van der Waals surface area (Å²) in [5.74, 6) is -0.247. The molecular weight excluding hydrogens is 244 g/mol. The van der Waals surface area contributed by atoms with E-state index < -0.39 is 12.0 Å². The van der Waals surface area contributed by atoms with Gasteiger partial charge in [0.15, 0.2) is 11.9 Å². The van der Waals surface area contributed by atoms with Crippen molar-refractivity contribution in [3.05, 3.63) is 29.8 Å². The predicted octanol–water partition coefficient (Wildman–Crippen LogP) is 2.15. The lowest BCUT2D eigenvalue weighted by molar-refractivity contribution is -0.144. The van der Waals surface area contributed by atoms with E-state index in [1.165, 1.54) is 0 Å². The number of carbonyl (C=O) groups is 2. The molecule has 1 aliphatic rings. The average molecular weight is 262 g/mol. The molecule has 0 aromatic heterocycles. The molecule has 4 heteroatoms. The fourth-order valence-electron chi connectivity index (χ4n) is 2.29. The molecule has 19 heavy (non-hydrogen) atoms. The second-order valence-corrected chi connectivity index (χ2v) is 4.72. The first-order valence-electron chi connectivity index (χ1n) is 6.52. The maximum Gasteiger partial charge on any atom is 0.317 e. The number of hydrogen-bond acceptors (Lipinski definition) is 4. The monoisotopic (exact) mass is 262 g/mol. The van der Waals surface area contributed by atoms with Crippen LogP contribution in [0.2, 0.25) is 0 Å². The molecule has 1 fully saturated rings. The van der Waals surface area contributed by atoms with Crippen LogP contribution in [0.4, 0.5) is 0 Å². The Balaban J connectivity index is 2.03. The SMILES string of the molecule is CCCC1C(=O)OC(Cc2ccc(OC)cc2)C1=O. The number of cyclic esters (lactones) is 1. The molecule has 0 N–H and O–H groups in total. The van der Waals surface area contributed by atoms with E-state index in [1.54, 1.807) is 7.11 Å². The van der Waals surface area contributed by atoms with Gasteiger partial charge >= 0.3 is 5.97 Å². The smallest absolute Gasteiger partial charge is 0.317 e. The molecule has 0 saturated carbocycles. The van der Waals surface area contributed by atoms with Crippen LogP contribution in [0.15, 0.2) is 24.3 Å². The number of hydrogen-bond donors (Lipinski definition) is 0. The summed E-state index contributed by atoms with van der Waals surface area (Å²) in [5.41, 5.74) is 0.962. The summed E-state index contributed by atoms with van der Waals surface area (Å²) in [6, 6.07) is 7.43. The third-order valence-electron chi connectivity index (χ3n) is 3.36. The van der Waals surface area contributed by atoms with Gasteiger partial charge in [0.1, 0.15) is 11.7 Å². The standard InChI is InChI=1S/C15H18O4/c1-3-4-12-14(16)13(19-15(12)17)9-10-5-7-11(18-2)8-6-10/h5-8,12-13H,3-4,9H2,1-2H3. The van der Waals surface area contributed by atoms with Gasteiger partial charge in [-0.15, -0.1) is 0 Å². The third kappa shape index (κ3) is 2.95. The first-order valence-corrected chi connectivity index (χ1v) is 6.52. The van der Waals surface area contributed by atoms with Crippen LogP contribution in [0.25, 0.3) is 0 Å². The molecule has 2 atom stereocenters. The second kappa shape index (κ2) is 5.87. The first-order chi connectivity index (χ1) is 9.15. The van der Waals surface area contributed by atoms with Gasteiger partial charge in [-0.2, -0.15) is 0 Å². The predicted molar refractivity (Wildman–Crippen MR) is 70.0 cm³/mol. The maximum absolute atomic E-state index is 12.1. The topological polar surface area (TPSA) is 52.6 Å². The number of Topliss-reactive ketones (excluding diaryl/α,β-unsaturated/α-hetero) is 1. The lowest BCUT2D eigenvalue weighted by Gasteiger charge is -2.08. The van der Waals surface area contributed by atoms with E-state index in [-0.39, 0.29) is 11.8 Å². The van der Waals surface area contributed by atoms with Crippen LogP contribution < -0.4 is 4.74 Å². The Bertz CT molecular complexity index is 464. The van der Waals surface area contributed by atoms with E-state index in [1.807, 2.05) is 31.2 Å². The lowest BCUT2D eigenvalue weighted by atomic mass is 9.95. The van der Waals surface area contributed by atoms with Gasteiger partial charge in [0.05, 0.1) is 7.11 Å². The molecule has 0 spiro atoms. The zero-order chi connectivity index (χ0) is 13.8. The minimum Gasteiger partial charge on any atom is -0.497 e. The van der Waals surface area contributed by atoms with E-state index in [9.17, 15) is 9.59 Å². The minimum atomic E-state index is -0.627. The third-order valence-corrected chi connectivity index (χ3v) is 3.36. The van der Waals surface area contributed by atoms with Crippen molar-refractivity contribution in [1.29, 1.82) is 0 Å². The van der Waals surface area contributed by atoms with Crippen molar-refractivity contribution in [2.45, 2.75) is 32.3 Å². The van der Waals surface area contributed by atoms with Crippen LogP contribution >= 0.6 is 0 Å². The van der Waals surface area contributed by atoms with Crippen molar-refractivity contribution < 1.29 is 19.1 Å². The molecule has 1 aliphatic heterocycles. The quantitative estimate of drug-likeness (QED) is 0.602. The number of carbonyl (C=O) groups excluding carboxylic acids is 2. The van der Waals surface area contributed by atoms with Gasteiger partial charge in [0.2, 0.25) is 0 Å². The molecule has 4 nitrogen and oxygen atoms in total. The summed E-state index contributed by atoms with van der Waals surface area (Å²) in [4.78, 5) is 23.7. The van der Waals surface area contributed by atoms with Crippen molar-refractivity contribution in [1.82, 2.24) is 0 Å². The molecule has 2 unspecified atom stereocenters. The maximum atomic E-state index is 12.1. The molecule has 0 radical (unpaired) electrons. The van der Waals surface area contributed by atoms with Crippen LogP contribution in [-0.4, -0.2) is 25.0 Å². The minimum absolute atomic E-state index is 0.0809. The van der Waals surface area contributed by atoms with Crippen LogP contribution in [0.1, 0.15) is 25.3 Å². The zero-order valence-electron chi connectivity index (χ0n) is 11.2. The Hall–Kier alpha value is -1.84. The van der Waals surface area contributed by atoms with Crippen LogP contribution in [0, 0.1) is 5.92 Å². The average Bonchev–Trinajstić information content (AvgIpc) is 2.68. The molecule has 1 heterocycles. The van der Waals surface area contributed by atoms with E-state index in [0.29, 0.717) is 12.8 Å². The molecule has 1 aromatic rings. The Morgan fingerprint density at radius 1 is 1.21 bits per heavy atom. The molecule has 102 valence electrons. The molecule has 2 rings (SSSR count). The van der Waals surface area contributed by atoms with Crippen LogP contribution in [0.3, 0.4) is 0 Å². The second-order valence-electron chi connectivity index (χ2n) is 4.72. The molecule has 1 saturated heterocycles. The summed E-state index contributed by atoms with van der Waals surface area (Å²) in [5, 5.41) is 0. The van der Waals surface area contributed by atoms with E-state index >= 15 is 0 Å². The largest absolute Gasteiger partial charge is 0.497 e. The number of ether oxygens (including phenoxy) is 2. The summed E-state index contributed by atoms with van der Waals surface area (Å²) in [6.45, 7) is 1.96. The molecule has 1 aromatic carbocycles. The van der Waals surface area contributed by atoms with E-state index in [4.69, 9.17) is 9.47 Å². The molecular formula is C15H18O4. The Kier molecular flexibility index (Phi) is 4.20. The van der Waals surface area contributed by atoms with Crippen LogP contribution in [0.5, 0.6) is 5.75 Å². The van der Waals surface area contributed by atoms with Crippen LogP contribution in [-0.2, 0) is 20.7 Å². The van der Waals surface area contributed by atoms with Crippen molar-refractivity contribution >= 4 is 11.8 Å². The van der Waals surface area contributed by atoms with Gasteiger partial charge in [0.25, 0.3) is 0 Å². The highest BCUT2D eigenvalue weighted by Gasteiger charge is 2.42. The Labute approximate surface area is 112 Å². The molecule has 0 amide bonds. The lowest BCUT2D eigenvalue weighted by Crippen LogP contribution is -2.22. The number of ketones is 1. The van der Waals surface area contributed by atoms with Gasteiger partial charge in [0, 0.05) is 6.42 Å². The van der Waals surface area contributed by atoms with Crippen molar-refractivity contribution in [3.63, 3.8) is 0 Å².